The van der Waals surface area contributed by atoms with E-state index in [4.69, 9.17) is 0 Å². The summed E-state index contributed by atoms with van der Waals surface area (Å²) in [6.45, 7) is 1.96. The number of para-hydroxylation sites is 2. The van der Waals surface area contributed by atoms with E-state index in [0.29, 0.717) is 21.3 Å². The lowest BCUT2D eigenvalue weighted by atomic mass is 10.0. The van der Waals surface area contributed by atoms with Gasteiger partial charge in [0.1, 0.15) is 16.9 Å². The number of nitrogens with one attached hydrogen (secondary N) is 1. The van der Waals surface area contributed by atoms with Gasteiger partial charge in [0.2, 0.25) is 0 Å². The maximum absolute atomic E-state index is 13.2. The Morgan fingerprint density at radius 3 is 2.53 bits per heavy atom. The molecule has 2 aromatic carbocycles. The molecule has 3 aromatic heterocycles. The lowest BCUT2D eigenvalue weighted by Crippen LogP contribution is -2.33. The number of hydrogen-bond donors (Lipinski definition) is 1. The summed E-state index contributed by atoms with van der Waals surface area (Å²) < 4.78 is 1.10. The van der Waals surface area contributed by atoms with Crippen molar-refractivity contribution in [1.29, 1.82) is 0 Å². The minimum absolute atomic E-state index is 0.116. The minimum atomic E-state index is -0.537. The van der Waals surface area contributed by atoms with E-state index in [2.05, 4.69) is 20.4 Å². The summed E-state index contributed by atoms with van der Waals surface area (Å²) in [5.41, 5.74) is 5.41. The molecule has 0 bridgehead atoms. The maximum atomic E-state index is 13.2. The predicted octanol–water partition coefficient (Wildman–Crippen LogP) is 3.76. The van der Waals surface area contributed by atoms with Crippen LogP contribution in [0.4, 0.5) is 0 Å². The van der Waals surface area contributed by atoms with Crippen molar-refractivity contribution in [2.24, 2.45) is 0 Å². The molecule has 0 spiro atoms. The second-order valence-corrected chi connectivity index (χ2v) is 7.89. The van der Waals surface area contributed by atoms with Gasteiger partial charge in [0.25, 0.3) is 11.5 Å². The fourth-order valence-electron chi connectivity index (χ4n) is 3.37. The summed E-state index contributed by atoms with van der Waals surface area (Å²) in [7, 11) is 0. The maximum Gasteiger partial charge on any atom is 0.290 e. The second kappa shape index (κ2) is 7.16. The highest BCUT2D eigenvalue weighted by Crippen LogP contribution is 2.35. The Balaban J connectivity index is 1.57. The zero-order chi connectivity index (χ0) is 20.7. The molecule has 0 unspecified atom stereocenters. The molecule has 1 N–H and O–H groups in total. The van der Waals surface area contributed by atoms with Gasteiger partial charge in [-0.3, -0.25) is 20.0 Å². The highest BCUT2D eigenvalue weighted by atomic mass is 32.1. The molecule has 7 nitrogen and oxygen atoms in total. The molecule has 1 amide bonds. The molecule has 0 radical (unpaired) electrons. The lowest BCUT2D eigenvalue weighted by molar-refractivity contribution is 0.100. The van der Waals surface area contributed by atoms with Crippen LogP contribution in [0.5, 0.6) is 0 Å². The molecule has 3 heterocycles. The van der Waals surface area contributed by atoms with E-state index in [1.54, 1.807) is 6.07 Å². The van der Waals surface area contributed by atoms with Gasteiger partial charge in [0, 0.05) is 10.4 Å². The highest BCUT2D eigenvalue weighted by Gasteiger charge is 2.18. The number of amides is 1. The van der Waals surface area contributed by atoms with Crippen molar-refractivity contribution in [3.05, 3.63) is 88.0 Å². The molecule has 0 aliphatic carbocycles. The van der Waals surface area contributed by atoms with E-state index in [9.17, 15) is 9.59 Å². The van der Waals surface area contributed by atoms with Crippen LogP contribution in [0.1, 0.15) is 15.4 Å². The second-order valence-electron chi connectivity index (χ2n) is 6.68. The van der Waals surface area contributed by atoms with Crippen LogP contribution in [0.2, 0.25) is 0 Å². The molecule has 5 rings (SSSR count). The molecule has 5 aromatic rings. The number of aryl methyl sites for hydroxylation is 1. The van der Waals surface area contributed by atoms with Gasteiger partial charge in [-0.1, -0.05) is 42.5 Å². The standard InChI is InChI=1S/C22H15N5O2S/c1-13-18(14-7-3-2-4-8-14)19-21(30-13)24-12-27(22(19)29)26-20(28)17-11-23-15-9-5-6-10-16(15)25-17/h2-12H,1H3,(H,26,28). The smallest absolute Gasteiger partial charge is 0.267 e. The number of carbonyl (C=O) groups excluding carboxylic acids is 1. The van der Waals surface area contributed by atoms with Gasteiger partial charge in [-0.15, -0.1) is 11.3 Å². The van der Waals surface area contributed by atoms with Gasteiger partial charge < -0.3 is 0 Å². The first-order valence-corrected chi connectivity index (χ1v) is 10.0. The number of nitrogens with zero attached hydrogens (tertiary/aromatic N) is 4. The van der Waals surface area contributed by atoms with Crippen LogP contribution in [0.25, 0.3) is 32.4 Å². The number of carbonyl (C=O) groups is 1. The van der Waals surface area contributed by atoms with Gasteiger partial charge in [-0.2, -0.15) is 0 Å². The number of thiophene rings is 1. The molecule has 8 heteroatoms. The van der Waals surface area contributed by atoms with E-state index in [-0.39, 0.29) is 11.3 Å². The molecule has 0 atom stereocenters. The Bertz CT molecular complexity index is 1470. The first kappa shape index (κ1) is 18.1. The normalized spacial score (nSPS) is 11.1. The van der Waals surface area contributed by atoms with Crippen molar-refractivity contribution in [2.75, 3.05) is 5.43 Å². The van der Waals surface area contributed by atoms with Crippen LogP contribution in [0, 0.1) is 6.92 Å². The van der Waals surface area contributed by atoms with E-state index in [1.165, 1.54) is 23.9 Å². The summed E-state index contributed by atoms with van der Waals surface area (Å²) in [6, 6.07) is 16.9. The molecule has 0 saturated heterocycles. The molecule has 0 fully saturated rings. The van der Waals surface area contributed by atoms with E-state index < -0.39 is 5.91 Å². The van der Waals surface area contributed by atoms with E-state index in [0.717, 1.165) is 20.7 Å². The zero-order valence-corrected chi connectivity index (χ0v) is 16.7. The molecule has 0 aliphatic heterocycles. The number of aromatic nitrogens is 4. The SMILES string of the molecule is Cc1sc2ncn(NC(=O)c3cnc4ccccc4n3)c(=O)c2c1-c1ccccc1. The van der Waals surface area contributed by atoms with Crippen molar-refractivity contribution in [3.8, 4) is 11.1 Å². The molecule has 30 heavy (non-hydrogen) atoms. The van der Waals surface area contributed by atoms with Crippen LogP contribution >= 0.6 is 11.3 Å². The fourth-order valence-corrected chi connectivity index (χ4v) is 4.37. The summed E-state index contributed by atoms with van der Waals surface area (Å²) in [5.74, 6) is -0.537. The third-order valence-corrected chi connectivity index (χ3v) is 5.77. The van der Waals surface area contributed by atoms with Crippen LogP contribution in [-0.4, -0.2) is 25.5 Å². The van der Waals surface area contributed by atoms with Gasteiger partial charge in [-0.05, 0) is 24.6 Å². The van der Waals surface area contributed by atoms with Gasteiger partial charge in [0.05, 0.1) is 22.6 Å². The van der Waals surface area contributed by atoms with Gasteiger partial charge in [-0.25, -0.2) is 14.6 Å². The Labute approximate surface area is 174 Å². The van der Waals surface area contributed by atoms with Gasteiger partial charge >= 0.3 is 0 Å². The van der Waals surface area contributed by atoms with Crippen LogP contribution in [0.3, 0.4) is 0 Å². The number of benzene rings is 2. The van der Waals surface area contributed by atoms with E-state index >= 15 is 0 Å². The summed E-state index contributed by atoms with van der Waals surface area (Å²) in [4.78, 5) is 40.5. The lowest BCUT2D eigenvalue weighted by Gasteiger charge is -2.08. The molecule has 0 aliphatic rings. The Kier molecular flexibility index (Phi) is 4.33. The van der Waals surface area contributed by atoms with Crippen LogP contribution < -0.4 is 11.0 Å². The largest absolute Gasteiger partial charge is 0.290 e. The van der Waals surface area contributed by atoms with Crippen molar-refractivity contribution in [2.45, 2.75) is 6.92 Å². The fraction of sp³-hybridized carbons (Fsp3) is 0.0455. The highest BCUT2D eigenvalue weighted by molar-refractivity contribution is 7.19. The average Bonchev–Trinajstić information content (AvgIpc) is 3.12. The van der Waals surface area contributed by atoms with Crippen molar-refractivity contribution in [3.63, 3.8) is 0 Å². The van der Waals surface area contributed by atoms with Crippen LogP contribution in [0.15, 0.2) is 71.9 Å². The van der Waals surface area contributed by atoms with Crippen molar-refractivity contribution in [1.82, 2.24) is 19.6 Å². The molecule has 146 valence electrons. The molecule has 0 saturated carbocycles. The third-order valence-electron chi connectivity index (χ3n) is 4.75. The topological polar surface area (TPSA) is 89.8 Å². The summed E-state index contributed by atoms with van der Waals surface area (Å²) in [6.07, 6.45) is 2.71. The van der Waals surface area contributed by atoms with Crippen LogP contribution in [-0.2, 0) is 0 Å². The zero-order valence-electron chi connectivity index (χ0n) is 15.9. The Morgan fingerprint density at radius 1 is 1.00 bits per heavy atom. The monoisotopic (exact) mass is 413 g/mol. The summed E-state index contributed by atoms with van der Waals surface area (Å²) in [5, 5.41) is 0.482. The molecular formula is C22H15N5O2S. The molecular weight excluding hydrogens is 398 g/mol. The van der Waals surface area contributed by atoms with Crippen molar-refractivity contribution < 1.29 is 4.79 Å². The first-order valence-electron chi connectivity index (χ1n) is 9.21. The van der Waals surface area contributed by atoms with Crippen molar-refractivity contribution >= 4 is 38.5 Å². The third kappa shape index (κ3) is 3.03. The van der Waals surface area contributed by atoms with Gasteiger partial charge in [0.15, 0.2) is 0 Å². The quantitative estimate of drug-likeness (QED) is 0.486. The first-order chi connectivity index (χ1) is 14.6. The minimum Gasteiger partial charge on any atom is -0.267 e. The number of hydrogen-bond acceptors (Lipinski definition) is 6. The van der Waals surface area contributed by atoms with E-state index in [1.807, 2.05) is 55.5 Å². The predicted molar refractivity (Wildman–Crippen MR) is 117 cm³/mol. The summed E-state index contributed by atoms with van der Waals surface area (Å²) >= 11 is 1.45. The number of fused-ring (bicyclic) bond motifs is 2. The Morgan fingerprint density at radius 2 is 1.73 bits per heavy atom. The average molecular weight is 413 g/mol. The number of rotatable bonds is 3. The Hall–Kier alpha value is -3.91.